The molecule has 0 radical (unpaired) electrons. The van der Waals surface area contributed by atoms with Crippen molar-refractivity contribution in [2.75, 3.05) is 28.4 Å². The molecule has 4 aromatic rings. The molecule has 0 heterocycles. The van der Waals surface area contributed by atoms with Crippen LogP contribution in [0.3, 0.4) is 0 Å². The predicted molar refractivity (Wildman–Crippen MR) is 172 cm³/mol. The molecule has 0 spiro atoms. The lowest BCUT2D eigenvalue weighted by Crippen LogP contribution is -2.43. The number of fused-ring (bicyclic) bond motifs is 4. The Morgan fingerprint density at radius 3 is 0.568 bits per heavy atom. The Bertz CT molecular complexity index is 1520. The van der Waals surface area contributed by atoms with Crippen LogP contribution in [0.1, 0.15) is 44.5 Å². The van der Waals surface area contributed by atoms with Crippen LogP contribution in [0.15, 0.2) is 97.1 Å². The van der Waals surface area contributed by atoms with Crippen molar-refractivity contribution in [3.05, 3.63) is 142 Å². The van der Waals surface area contributed by atoms with Gasteiger partial charge in [0.2, 0.25) is 0 Å². The smallest absolute Gasteiger partial charge is 0.179 e. The number of hydrogen-bond acceptors (Lipinski definition) is 4. The molecule has 0 unspecified atom stereocenters. The van der Waals surface area contributed by atoms with Gasteiger partial charge in [-0.05, 0) is 0 Å². The number of terminal acetylenes is 4. The molecule has 4 heteroatoms. The Morgan fingerprint density at radius 2 is 0.477 bits per heavy atom. The molecule has 0 aromatic heterocycles. The van der Waals surface area contributed by atoms with E-state index in [1.165, 1.54) is 0 Å². The van der Waals surface area contributed by atoms with Crippen molar-refractivity contribution in [1.82, 2.24) is 0 Å². The second-order valence-electron chi connectivity index (χ2n) is 10.3. The maximum Gasteiger partial charge on any atom is 0.179 e. The minimum atomic E-state index is -0.966. The monoisotopic (exact) mass is 576 g/mol. The Balaban J connectivity index is 0.000000175. The van der Waals surface area contributed by atoms with Crippen molar-refractivity contribution in [3.8, 4) is 49.4 Å². The lowest BCUT2D eigenvalue weighted by atomic mass is 9.68. The van der Waals surface area contributed by atoms with Crippen LogP contribution in [-0.4, -0.2) is 28.4 Å². The van der Waals surface area contributed by atoms with Crippen LogP contribution < -0.4 is 0 Å². The first-order chi connectivity index (χ1) is 21.4. The van der Waals surface area contributed by atoms with Gasteiger partial charge < -0.3 is 18.9 Å². The van der Waals surface area contributed by atoms with Crippen molar-refractivity contribution in [3.63, 3.8) is 0 Å². The third-order valence-electron chi connectivity index (χ3n) is 8.78. The van der Waals surface area contributed by atoms with Crippen LogP contribution in [0.2, 0.25) is 0 Å². The summed E-state index contributed by atoms with van der Waals surface area (Å²) in [4.78, 5) is 0. The summed E-state index contributed by atoms with van der Waals surface area (Å²) in [7, 11) is 6.46. The first kappa shape index (κ1) is 30.4. The second kappa shape index (κ2) is 11.6. The second-order valence-corrected chi connectivity index (χ2v) is 10.3. The van der Waals surface area contributed by atoms with Gasteiger partial charge in [0.05, 0.1) is 0 Å². The zero-order valence-electron chi connectivity index (χ0n) is 25.2. The van der Waals surface area contributed by atoms with E-state index in [9.17, 15) is 0 Å². The molecule has 0 aliphatic heterocycles. The standard InChI is InChI=1S/2C20H16O2/c2*1-5-19(21-3)15-11-7-9-13-17(15)20(6-2,22-4)18-14-10-8-12-16(18)19/h2*1-2,7-14H,3-4H3. The van der Waals surface area contributed by atoms with Crippen LogP contribution in [0.5, 0.6) is 0 Å². The summed E-state index contributed by atoms with van der Waals surface area (Å²) in [5.41, 5.74) is 2.90. The highest BCUT2D eigenvalue weighted by molar-refractivity contribution is 5.65. The van der Waals surface area contributed by atoms with E-state index in [0.29, 0.717) is 0 Å². The van der Waals surface area contributed by atoms with E-state index in [-0.39, 0.29) is 0 Å². The molecule has 0 atom stereocenters. The third kappa shape index (κ3) is 3.88. The predicted octanol–water partition coefficient (Wildman–Crippen LogP) is 6.09. The highest BCUT2D eigenvalue weighted by Crippen LogP contribution is 2.51. The van der Waals surface area contributed by atoms with E-state index >= 15 is 0 Å². The van der Waals surface area contributed by atoms with Crippen LogP contribution >= 0.6 is 0 Å². The van der Waals surface area contributed by atoms with Gasteiger partial charge in [-0.2, -0.15) is 0 Å². The van der Waals surface area contributed by atoms with Gasteiger partial charge in [0.15, 0.2) is 22.4 Å². The van der Waals surface area contributed by atoms with Gasteiger partial charge in [-0.1, -0.05) is 121 Å². The molecule has 4 nitrogen and oxygen atoms in total. The molecule has 0 amide bonds. The van der Waals surface area contributed by atoms with Crippen molar-refractivity contribution in [2.45, 2.75) is 22.4 Å². The molecule has 2 aliphatic carbocycles. The molecular formula is C40H32O4. The Hall–Kier alpha value is -5.04. The van der Waals surface area contributed by atoms with E-state index < -0.39 is 22.4 Å². The van der Waals surface area contributed by atoms with Gasteiger partial charge in [0, 0.05) is 72.9 Å². The first-order valence-corrected chi connectivity index (χ1v) is 13.9. The summed E-state index contributed by atoms with van der Waals surface area (Å²) in [6, 6.07) is 31.0. The average Bonchev–Trinajstić information content (AvgIpc) is 3.10. The molecule has 4 aromatic carbocycles. The zero-order chi connectivity index (χ0) is 31.6. The van der Waals surface area contributed by atoms with E-state index in [2.05, 4.69) is 23.7 Å². The van der Waals surface area contributed by atoms with Crippen molar-refractivity contribution in [2.24, 2.45) is 0 Å². The van der Waals surface area contributed by atoms with Crippen molar-refractivity contribution in [1.29, 1.82) is 0 Å². The van der Waals surface area contributed by atoms with Gasteiger partial charge in [-0.15, -0.1) is 25.7 Å². The molecule has 0 fully saturated rings. The van der Waals surface area contributed by atoms with Gasteiger partial charge in [-0.3, -0.25) is 0 Å². The van der Waals surface area contributed by atoms with Crippen LogP contribution in [0.25, 0.3) is 0 Å². The Morgan fingerprint density at radius 1 is 0.341 bits per heavy atom. The minimum absolute atomic E-state index is 0.846. The molecule has 2 aliphatic rings. The highest BCUT2D eigenvalue weighted by Gasteiger charge is 2.51. The maximum absolute atomic E-state index is 5.88. The number of hydrogen-bond donors (Lipinski definition) is 0. The fourth-order valence-corrected chi connectivity index (χ4v) is 6.71. The Labute approximate surface area is 260 Å². The lowest BCUT2D eigenvalue weighted by Gasteiger charge is -2.43. The number of benzene rings is 4. The summed E-state index contributed by atoms with van der Waals surface area (Å²) in [5, 5.41) is 0. The zero-order valence-corrected chi connectivity index (χ0v) is 25.2. The Kier molecular flexibility index (Phi) is 8.00. The largest absolute Gasteiger partial charge is 0.357 e. The average molecular weight is 577 g/mol. The van der Waals surface area contributed by atoms with E-state index in [0.717, 1.165) is 44.5 Å². The molecular weight excluding hydrogens is 544 g/mol. The van der Waals surface area contributed by atoms with Crippen LogP contribution in [-0.2, 0) is 41.4 Å². The summed E-state index contributed by atoms with van der Waals surface area (Å²) in [6.45, 7) is 0. The first-order valence-electron chi connectivity index (χ1n) is 13.9. The summed E-state index contributed by atoms with van der Waals surface area (Å²) in [5.74, 6) is 11.3. The fourth-order valence-electron chi connectivity index (χ4n) is 6.71. The summed E-state index contributed by atoms with van der Waals surface area (Å²) < 4.78 is 23.2. The molecule has 0 saturated carbocycles. The van der Waals surface area contributed by atoms with E-state index in [1.54, 1.807) is 28.4 Å². The van der Waals surface area contributed by atoms with Gasteiger partial charge in [0.1, 0.15) is 0 Å². The molecule has 6 rings (SSSR count). The molecule has 44 heavy (non-hydrogen) atoms. The normalized spacial score (nSPS) is 25.5. The number of methoxy groups -OCH3 is 4. The van der Waals surface area contributed by atoms with Crippen LogP contribution in [0, 0.1) is 49.4 Å². The SMILES string of the molecule is C#CC1(OC)c2ccccc2C(C#C)(OC)c2ccccc21.C#CC1(OC)c2ccccc2C(C#C)(OC)c2ccccc21. The van der Waals surface area contributed by atoms with Crippen molar-refractivity contribution < 1.29 is 18.9 Å². The quantitative estimate of drug-likeness (QED) is 0.276. The fraction of sp³-hybridized carbons (Fsp3) is 0.200. The van der Waals surface area contributed by atoms with Gasteiger partial charge in [-0.25, -0.2) is 0 Å². The van der Waals surface area contributed by atoms with Crippen LogP contribution in [0.4, 0.5) is 0 Å². The molecule has 0 saturated heterocycles. The maximum atomic E-state index is 5.88. The highest BCUT2D eigenvalue weighted by atomic mass is 16.5. The van der Waals surface area contributed by atoms with E-state index in [1.807, 2.05) is 97.1 Å². The number of rotatable bonds is 4. The van der Waals surface area contributed by atoms with Gasteiger partial charge in [0.25, 0.3) is 0 Å². The van der Waals surface area contributed by atoms with Crippen molar-refractivity contribution >= 4 is 0 Å². The molecule has 216 valence electrons. The topological polar surface area (TPSA) is 36.9 Å². The third-order valence-corrected chi connectivity index (χ3v) is 8.78. The lowest BCUT2D eigenvalue weighted by molar-refractivity contribution is 0.0331. The van der Waals surface area contributed by atoms with Gasteiger partial charge >= 0.3 is 0 Å². The summed E-state index contributed by atoms with van der Waals surface area (Å²) >= 11 is 0. The summed E-state index contributed by atoms with van der Waals surface area (Å²) in [6.07, 6.45) is 23.5. The molecule has 0 N–H and O–H groups in total. The number of ether oxygens (including phenoxy) is 4. The minimum Gasteiger partial charge on any atom is -0.357 e. The van der Waals surface area contributed by atoms with E-state index in [4.69, 9.17) is 44.6 Å². The molecule has 0 bridgehead atoms.